The molecule has 0 saturated carbocycles. The van der Waals surface area contributed by atoms with E-state index in [0.29, 0.717) is 5.75 Å². The molecule has 1 heterocycles. The zero-order valence-electron chi connectivity index (χ0n) is 10.4. The van der Waals surface area contributed by atoms with Gasteiger partial charge in [0.15, 0.2) is 0 Å². The van der Waals surface area contributed by atoms with E-state index >= 15 is 0 Å². The third-order valence-electron chi connectivity index (χ3n) is 2.13. The summed E-state index contributed by atoms with van der Waals surface area (Å²) < 4.78 is 0. The quantitative estimate of drug-likeness (QED) is 0.635. The number of rotatable bonds is 0. The van der Waals surface area contributed by atoms with E-state index in [9.17, 15) is 0 Å². The molecule has 6 heteroatoms. The molecule has 0 atom stereocenters. The van der Waals surface area contributed by atoms with Crippen LogP contribution in [0.25, 0.3) is 5.32 Å². The van der Waals surface area contributed by atoms with Crippen molar-refractivity contribution in [2.24, 2.45) is 0 Å². The van der Waals surface area contributed by atoms with Gasteiger partial charge in [-0.05, 0) is 25.2 Å². The van der Waals surface area contributed by atoms with E-state index in [0.717, 1.165) is 39.3 Å². The Bertz CT molecular complexity index is 236. The summed E-state index contributed by atoms with van der Waals surface area (Å²) >= 11 is 0. The molecule has 0 radical (unpaired) electrons. The van der Waals surface area contributed by atoms with Crippen molar-refractivity contribution in [3.63, 3.8) is 0 Å². The number of nitrogens with one attached hydrogen (secondary N) is 2. The number of aromatic hydroxyl groups is 1. The topological polar surface area (TPSA) is 58.4 Å². The number of hydrogen-bond donors (Lipinski definition) is 3. The molecule has 1 aliphatic heterocycles. The van der Waals surface area contributed by atoms with Crippen LogP contribution in [0.5, 0.6) is 5.75 Å². The number of halogens is 1. The first kappa shape index (κ1) is 20.2. The Morgan fingerprint density at radius 3 is 1.78 bits per heavy atom. The number of benzene rings is 1. The fourth-order valence-electron chi connectivity index (χ4n) is 1.28. The van der Waals surface area contributed by atoms with Crippen molar-refractivity contribution in [1.82, 2.24) is 10.6 Å². The van der Waals surface area contributed by atoms with E-state index in [2.05, 4.69) is 16.0 Å². The Morgan fingerprint density at radius 1 is 0.889 bits per heavy atom. The van der Waals surface area contributed by atoms with Gasteiger partial charge in [0.2, 0.25) is 0 Å². The molecule has 102 valence electrons. The first-order chi connectivity index (χ1) is 7.89. The molecule has 4 nitrogen and oxygen atoms in total. The van der Waals surface area contributed by atoms with Crippen molar-refractivity contribution >= 4 is 12.4 Å². The minimum atomic E-state index is 0. The standard InChI is InChI=1S/C6H14N3.C6H6O.ClH.Ti/c1-2-8-5-6-9-4-3-7-1;7-6-4-2-1-3-5-6;;/h7-8H,1-6H2;1-5,7H;1H;/q-1;;;. The molecule has 0 amide bonds. The summed E-state index contributed by atoms with van der Waals surface area (Å²) in [6, 6.07) is 8.71. The van der Waals surface area contributed by atoms with E-state index < -0.39 is 0 Å². The van der Waals surface area contributed by atoms with Gasteiger partial charge in [-0.25, -0.2) is 0 Å². The first-order valence-electron chi connectivity index (χ1n) is 5.68. The van der Waals surface area contributed by atoms with Gasteiger partial charge < -0.3 is 21.1 Å². The van der Waals surface area contributed by atoms with Gasteiger partial charge in [0.1, 0.15) is 5.75 Å². The third kappa shape index (κ3) is 12.4. The van der Waals surface area contributed by atoms with Crippen molar-refractivity contribution in [3.05, 3.63) is 35.6 Å². The van der Waals surface area contributed by atoms with E-state index in [1.54, 1.807) is 24.3 Å². The first-order valence-corrected chi connectivity index (χ1v) is 5.68. The van der Waals surface area contributed by atoms with Crippen LogP contribution in [0.2, 0.25) is 0 Å². The molecule has 0 bridgehead atoms. The molecule has 2 rings (SSSR count). The Labute approximate surface area is 130 Å². The molecule has 1 fully saturated rings. The average molecular weight is 307 g/mol. The monoisotopic (exact) mass is 306 g/mol. The molecule has 18 heavy (non-hydrogen) atoms. The van der Waals surface area contributed by atoms with Crippen LogP contribution in [0.15, 0.2) is 30.3 Å². The molecular weight excluding hydrogens is 285 g/mol. The van der Waals surface area contributed by atoms with Crippen LogP contribution in [0.3, 0.4) is 0 Å². The SMILES string of the molecule is C1CNCCNCC[N-]1.Cl.Oc1ccccc1.[Ti]. The van der Waals surface area contributed by atoms with Crippen molar-refractivity contribution in [2.45, 2.75) is 0 Å². The predicted octanol–water partition coefficient (Wildman–Crippen LogP) is 1.36. The minimum absolute atomic E-state index is 0. The molecule has 3 N–H and O–H groups in total. The Morgan fingerprint density at radius 2 is 1.39 bits per heavy atom. The number of hydrogen-bond acceptors (Lipinski definition) is 3. The largest absolute Gasteiger partial charge is 0.660 e. The van der Waals surface area contributed by atoms with Gasteiger partial charge >= 0.3 is 0 Å². The van der Waals surface area contributed by atoms with Gasteiger partial charge in [-0.1, -0.05) is 18.2 Å². The number of phenols is 1. The minimum Gasteiger partial charge on any atom is -0.660 e. The summed E-state index contributed by atoms with van der Waals surface area (Å²) in [6.07, 6.45) is 0. The average Bonchev–Trinajstić information content (AvgIpc) is 2.46. The maximum absolute atomic E-state index is 8.63. The summed E-state index contributed by atoms with van der Waals surface area (Å²) in [5, 5.41) is 19.4. The molecule has 1 saturated heterocycles. The van der Waals surface area contributed by atoms with Crippen LogP contribution in [-0.4, -0.2) is 44.4 Å². The maximum atomic E-state index is 8.63. The number of para-hydroxylation sites is 1. The van der Waals surface area contributed by atoms with Gasteiger partial charge in [-0.2, -0.15) is 0 Å². The zero-order valence-corrected chi connectivity index (χ0v) is 12.8. The third-order valence-corrected chi connectivity index (χ3v) is 2.13. The number of nitrogens with zero attached hydrogens (tertiary/aromatic N) is 1. The Hall–Kier alpha value is -0.0957. The van der Waals surface area contributed by atoms with E-state index in [-0.39, 0.29) is 34.1 Å². The number of phenolic OH excluding ortho intramolecular Hbond substituents is 1. The maximum Gasteiger partial charge on any atom is 0.115 e. The van der Waals surface area contributed by atoms with Crippen LogP contribution < -0.4 is 10.6 Å². The van der Waals surface area contributed by atoms with Crippen molar-refractivity contribution in [3.8, 4) is 5.75 Å². The van der Waals surface area contributed by atoms with Crippen molar-refractivity contribution in [2.75, 3.05) is 39.3 Å². The van der Waals surface area contributed by atoms with E-state index in [4.69, 9.17) is 5.11 Å². The Kier molecular flexibility index (Phi) is 16.8. The molecule has 1 aliphatic rings. The fraction of sp³-hybridized carbons (Fsp3) is 0.500. The molecule has 0 unspecified atom stereocenters. The van der Waals surface area contributed by atoms with Crippen molar-refractivity contribution < 1.29 is 26.8 Å². The molecule has 1 aromatic carbocycles. The summed E-state index contributed by atoms with van der Waals surface area (Å²) in [7, 11) is 0. The zero-order chi connectivity index (χ0) is 11.5. The summed E-state index contributed by atoms with van der Waals surface area (Å²) in [4.78, 5) is 0. The van der Waals surface area contributed by atoms with Gasteiger partial charge in [0.25, 0.3) is 0 Å². The second-order valence-corrected chi connectivity index (χ2v) is 3.51. The van der Waals surface area contributed by atoms with Gasteiger partial charge in [-0.3, -0.25) is 0 Å². The smallest absolute Gasteiger partial charge is 0.115 e. The molecule has 0 spiro atoms. The molecule has 0 aliphatic carbocycles. The van der Waals surface area contributed by atoms with Gasteiger partial charge in [0, 0.05) is 34.8 Å². The summed E-state index contributed by atoms with van der Waals surface area (Å²) in [5.41, 5.74) is 0. The molecule has 0 aromatic heterocycles. The normalized spacial score (nSPS) is 15.3. The Balaban J connectivity index is 0. The molecule has 1 aromatic rings. The van der Waals surface area contributed by atoms with Crippen LogP contribution in [0.1, 0.15) is 0 Å². The van der Waals surface area contributed by atoms with Gasteiger partial charge in [-0.15, -0.1) is 25.5 Å². The van der Waals surface area contributed by atoms with Crippen LogP contribution in [0.4, 0.5) is 0 Å². The summed E-state index contributed by atoms with van der Waals surface area (Å²) in [6.45, 7) is 6.19. The fourth-order valence-corrected chi connectivity index (χ4v) is 1.28. The second-order valence-electron chi connectivity index (χ2n) is 3.51. The van der Waals surface area contributed by atoms with Crippen LogP contribution >= 0.6 is 12.4 Å². The second kappa shape index (κ2) is 15.0. The summed E-state index contributed by atoms with van der Waals surface area (Å²) in [5.74, 6) is 0.322. The van der Waals surface area contributed by atoms with Gasteiger partial charge in [0.05, 0.1) is 0 Å². The van der Waals surface area contributed by atoms with E-state index in [1.165, 1.54) is 0 Å². The van der Waals surface area contributed by atoms with Crippen LogP contribution in [0, 0.1) is 0 Å². The van der Waals surface area contributed by atoms with Crippen LogP contribution in [-0.2, 0) is 21.7 Å². The predicted molar refractivity (Wildman–Crippen MR) is 74.2 cm³/mol. The van der Waals surface area contributed by atoms with Crippen molar-refractivity contribution in [1.29, 1.82) is 0 Å². The molecular formula is C12H21ClN3OTi-. The van der Waals surface area contributed by atoms with E-state index in [1.807, 2.05) is 6.07 Å².